The molecule has 140 valence electrons. The van der Waals surface area contributed by atoms with E-state index >= 15 is 0 Å². The minimum absolute atomic E-state index is 0.231. The molecule has 0 radical (unpaired) electrons. The van der Waals surface area contributed by atoms with Gasteiger partial charge in [0.2, 0.25) is 0 Å². The largest absolute Gasteiger partial charge is 0.495 e. The van der Waals surface area contributed by atoms with E-state index in [1.54, 1.807) is 25.2 Å². The van der Waals surface area contributed by atoms with Crippen LogP contribution in [-0.2, 0) is 6.18 Å². The van der Waals surface area contributed by atoms with Crippen molar-refractivity contribution in [2.75, 3.05) is 25.2 Å². The number of nitrogens with one attached hydrogen (secondary N) is 1. The van der Waals surface area contributed by atoms with Crippen molar-refractivity contribution in [3.8, 4) is 17.0 Å². The molecule has 0 amide bonds. The predicted molar refractivity (Wildman–Crippen MR) is 95.3 cm³/mol. The lowest BCUT2D eigenvalue weighted by Gasteiger charge is -2.10. The first kappa shape index (κ1) is 19.4. The van der Waals surface area contributed by atoms with E-state index in [4.69, 9.17) is 10.5 Å². The second-order valence-corrected chi connectivity index (χ2v) is 5.01. The van der Waals surface area contributed by atoms with Crippen molar-refractivity contribution in [3.63, 3.8) is 0 Å². The fraction of sp³-hybridized carbons (Fsp3) is 0.294. The Morgan fingerprint density at radius 1 is 1.19 bits per heavy atom. The summed E-state index contributed by atoms with van der Waals surface area (Å²) in [7, 11) is 3.21. The Balaban J connectivity index is 0.00000117. The summed E-state index contributed by atoms with van der Waals surface area (Å²) in [5.41, 5.74) is 5.93. The molecule has 3 aromatic rings. The summed E-state index contributed by atoms with van der Waals surface area (Å²) in [4.78, 5) is 3.66. The maximum atomic E-state index is 13.3. The molecule has 2 aromatic heterocycles. The molecular formula is C17H20F3N5O. The molecule has 9 heteroatoms. The van der Waals surface area contributed by atoms with Gasteiger partial charge in [-0.15, -0.1) is 0 Å². The van der Waals surface area contributed by atoms with E-state index in [0.717, 1.165) is 16.9 Å². The number of anilines is 2. The zero-order valence-electron chi connectivity index (χ0n) is 14.8. The van der Waals surface area contributed by atoms with Crippen LogP contribution in [0.25, 0.3) is 16.8 Å². The highest BCUT2D eigenvalue weighted by Gasteiger charge is 2.36. The lowest BCUT2D eigenvalue weighted by Crippen LogP contribution is -2.07. The van der Waals surface area contributed by atoms with Crippen molar-refractivity contribution in [1.82, 2.24) is 14.6 Å². The normalized spacial score (nSPS) is 11.0. The van der Waals surface area contributed by atoms with Gasteiger partial charge in [-0.3, -0.25) is 0 Å². The minimum atomic E-state index is -4.57. The topological polar surface area (TPSA) is 77.5 Å². The highest BCUT2D eigenvalue weighted by Crippen LogP contribution is 2.39. The Labute approximate surface area is 148 Å². The quantitative estimate of drug-likeness (QED) is 0.730. The van der Waals surface area contributed by atoms with Gasteiger partial charge >= 0.3 is 6.18 Å². The number of rotatable bonds is 3. The fourth-order valence-corrected chi connectivity index (χ4v) is 2.55. The van der Waals surface area contributed by atoms with Gasteiger partial charge < -0.3 is 15.8 Å². The van der Waals surface area contributed by atoms with Crippen molar-refractivity contribution in [3.05, 3.63) is 36.2 Å². The third-order valence-electron chi connectivity index (χ3n) is 3.65. The smallest absolute Gasteiger partial charge is 0.418 e. The molecule has 26 heavy (non-hydrogen) atoms. The van der Waals surface area contributed by atoms with Crippen molar-refractivity contribution < 1.29 is 17.9 Å². The molecule has 0 aliphatic carbocycles. The van der Waals surface area contributed by atoms with Crippen LogP contribution in [0.4, 0.5) is 24.7 Å². The maximum Gasteiger partial charge on any atom is 0.418 e. The van der Waals surface area contributed by atoms with Gasteiger partial charge in [0.15, 0.2) is 5.82 Å². The molecule has 0 saturated carbocycles. The van der Waals surface area contributed by atoms with Crippen LogP contribution >= 0.6 is 0 Å². The van der Waals surface area contributed by atoms with Gasteiger partial charge in [0.05, 0.1) is 24.1 Å². The van der Waals surface area contributed by atoms with E-state index in [0.29, 0.717) is 17.0 Å². The molecule has 2 heterocycles. The molecule has 0 saturated heterocycles. The summed E-state index contributed by atoms with van der Waals surface area (Å²) >= 11 is 0. The summed E-state index contributed by atoms with van der Waals surface area (Å²) in [5.74, 6) is 0.346. The number of aromatic nitrogens is 3. The highest BCUT2D eigenvalue weighted by atomic mass is 19.4. The van der Waals surface area contributed by atoms with Crippen LogP contribution < -0.4 is 15.8 Å². The number of nitrogen functional groups attached to an aromatic ring is 1. The molecule has 0 fully saturated rings. The van der Waals surface area contributed by atoms with E-state index < -0.39 is 11.7 Å². The van der Waals surface area contributed by atoms with Crippen LogP contribution in [0.1, 0.15) is 19.4 Å². The van der Waals surface area contributed by atoms with Crippen LogP contribution in [0.2, 0.25) is 0 Å². The van der Waals surface area contributed by atoms with E-state index in [1.807, 2.05) is 13.8 Å². The average Bonchev–Trinajstić information content (AvgIpc) is 3.04. The predicted octanol–water partition coefficient (Wildman–Crippen LogP) is 4.07. The van der Waals surface area contributed by atoms with Gasteiger partial charge in [-0.05, 0) is 24.3 Å². The van der Waals surface area contributed by atoms with Crippen molar-refractivity contribution >= 4 is 17.0 Å². The number of hydrogen-bond donors (Lipinski definition) is 2. The average molecular weight is 367 g/mol. The van der Waals surface area contributed by atoms with Gasteiger partial charge in [-0.1, -0.05) is 13.8 Å². The number of halogens is 3. The van der Waals surface area contributed by atoms with Crippen molar-refractivity contribution in [2.24, 2.45) is 0 Å². The number of hydrogen-bond acceptors (Lipinski definition) is 5. The van der Waals surface area contributed by atoms with Crippen LogP contribution in [-0.4, -0.2) is 28.8 Å². The zero-order chi connectivity index (χ0) is 19.5. The van der Waals surface area contributed by atoms with Crippen LogP contribution in [0.3, 0.4) is 0 Å². The third-order valence-corrected chi connectivity index (χ3v) is 3.65. The number of methoxy groups -OCH3 is 1. The molecular weight excluding hydrogens is 347 g/mol. The molecule has 3 rings (SSSR count). The number of ether oxygens (including phenoxy) is 1. The van der Waals surface area contributed by atoms with E-state index in [2.05, 4.69) is 15.4 Å². The molecule has 0 bridgehead atoms. The fourth-order valence-electron chi connectivity index (χ4n) is 2.55. The van der Waals surface area contributed by atoms with Gasteiger partial charge in [0.25, 0.3) is 0 Å². The van der Waals surface area contributed by atoms with Crippen LogP contribution in [0, 0.1) is 0 Å². The second kappa shape index (κ2) is 7.51. The Hall–Kier alpha value is -2.97. The van der Waals surface area contributed by atoms with Crippen molar-refractivity contribution in [1.29, 1.82) is 0 Å². The first-order valence-corrected chi connectivity index (χ1v) is 7.92. The first-order valence-electron chi connectivity index (χ1n) is 7.92. The van der Waals surface area contributed by atoms with E-state index in [9.17, 15) is 13.2 Å². The number of nitrogens with zero attached hydrogens (tertiary/aromatic N) is 3. The first-order chi connectivity index (χ1) is 12.4. The monoisotopic (exact) mass is 367 g/mol. The summed E-state index contributed by atoms with van der Waals surface area (Å²) in [5, 5.41) is 6.86. The summed E-state index contributed by atoms with van der Waals surface area (Å²) in [6, 6.07) is 6.01. The van der Waals surface area contributed by atoms with E-state index in [-0.39, 0.29) is 17.0 Å². The number of alkyl halides is 3. The van der Waals surface area contributed by atoms with Crippen LogP contribution in [0.5, 0.6) is 5.75 Å². The Morgan fingerprint density at radius 2 is 1.88 bits per heavy atom. The molecule has 3 N–H and O–H groups in total. The van der Waals surface area contributed by atoms with E-state index in [1.165, 1.54) is 7.11 Å². The summed E-state index contributed by atoms with van der Waals surface area (Å²) in [6.45, 7) is 4.00. The number of nitrogens with two attached hydrogens (primary N) is 1. The molecule has 0 aliphatic heterocycles. The molecule has 0 spiro atoms. The van der Waals surface area contributed by atoms with Gasteiger partial charge in [-0.2, -0.15) is 18.3 Å². The molecule has 6 nitrogen and oxygen atoms in total. The number of fused-ring (bicyclic) bond motifs is 1. The third kappa shape index (κ3) is 3.37. The molecule has 0 unspecified atom stereocenters. The van der Waals surface area contributed by atoms with Gasteiger partial charge in [0.1, 0.15) is 17.6 Å². The Kier molecular flexibility index (Phi) is 5.59. The minimum Gasteiger partial charge on any atom is -0.495 e. The highest BCUT2D eigenvalue weighted by molar-refractivity contribution is 5.80. The van der Waals surface area contributed by atoms with Crippen molar-refractivity contribution in [2.45, 2.75) is 20.0 Å². The standard InChI is InChI=1S/C15H14F3N5O.C2H6/c1-20-10-5-8(3-4-12(10)24-2)11-6-9(15(16,17)18)13-14(19)21-7-22-23(11)13;1-2/h3-7,20H,1-2H3,(H2,19,21,22);1-2H3. The van der Waals surface area contributed by atoms with Crippen LogP contribution in [0.15, 0.2) is 30.6 Å². The lowest BCUT2D eigenvalue weighted by atomic mass is 10.1. The summed E-state index contributed by atoms with van der Waals surface area (Å²) < 4.78 is 46.3. The molecule has 0 atom stereocenters. The molecule has 0 aliphatic rings. The van der Waals surface area contributed by atoms with Gasteiger partial charge in [0, 0.05) is 12.6 Å². The Bertz CT molecular complexity index is 905. The second-order valence-electron chi connectivity index (χ2n) is 5.01. The zero-order valence-corrected chi connectivity index (χ0v) is 14.8. The van der Waals surface area contributed by atoms with Gasteiger partial charge in [-0.25, -0.2) is 9.50 Å². The number of benzene rings is 1. The molecule has 1 aromatic carbocycles. The maximum absolute atomic E-state index is 13.3. The Morgan fingerprint density at radius 3 is 2.46 bits per heavy atom. The lowest BCUT2D eigenvalue weighted by molar-refractivity contribution is -0.136. The SMILES string of the molecule is CC.CNc1cc(-c2cc(C(F)(F)F)c3c(N)ncnn23)ccc1OC. The summed E-state index contributed by atoms with van der Waals surface area (Å²) in [6.07, 6.45) is -3.45.